The van der Waals surface area contributed by atoms with Crippen LogP contribution in [0.25, 0.3) is 11.1 Å². The number of thioether (sulfide) groups is 1. The van der Waals surface area contributed by atoms with Gasteiger partial charge in [-0.25, -0.2) is 4.79 Å². The Labute approximate surface area is 213 Å². The van der Waals surface area contributed by atoms with E-state index in [0.29, 0.717) is 21.6 Å². The predicted molar refractivity (Wildman–Crippen MR) is 142 cm³/mol. The van der Waals surface area contributed by atoms with Gasteiger partial charge in [0.05, 0.1) is 5.60 Å². The normalized spacial score (nSPS) is 12.4. The Morgan fingerprint density at radius 1 is 0.941 bits per heavy atom. The van der Waals surface area contributed by atoms with Crippen LogP contribution in [0.1, 0.15) is 59.5 Å². The summed E-state index contributed by atoms with van der Waals surface area (Å²) in [7, 11) is 0. The fourth-order valence-corrected chi connectivity index (χ4v) is 5.49. The molecule has 1 N–H and O–H groups in total. The van der Waals surface area contributed by atoms with Crippen LogP contribution < -0.4 is 0 Å². The first kappa shape index (κ1) is 26.2. The summed E-state index contributed by atoms with van der Waals surface area (Å²) in [5.74, 6) is -1.07. The fourth-order valence-electron chi connectivity index (χ4n) is 3.81. The van der Waals surface area contributed by atoms with Gasteiger partial charge in [0.15, 0.2) is 6.10 Å². The number of ether oxygens (including phenoxy) is 1. The van der Waals surface area contributed by atoms with Crippen LogP contribution in [0, 0.1) is 20.8 Å². The molecule has 0 saturated heterocycles. The lowest BCUT2D eigenvalue weighted by atomic mass is 9.88. The van der Waals surface area contributed by atoms with E-state index in [-0.39, 0.29) is 5.12 Å². The smallest absolute Gasteiger partial charge is 0.337 e. The standard InChI is InChI=1S/C28H29BrO4S/c1-16-12-14-19(15-13-16)21-17(2)23(29)25(34-27(32)20-10-8-7-9-11-20)18(3)22(21)24(26(30)31)33-28(4,5)6/h7-15,24H,1-6H3,(H,30,31)/t24-/m0/s1. The molecule has 4 nitrogen and oxygen atoms in total. The number of carboxylic acid groups (broad SMARTS) is 1. The largest absolute Gasteiger partial charge is 0.479 e. The Kier molecular flexibility index (Phi) is 8.06. The molecule has 0 amide bonds. The van der Waals surface area contributed by atoms with Gasteiger partial charge in [0.2, 0.25) is 5.12 Å². The molecule has 178 valence electrons. The summed E-state index contributed by atoms with van der Waals surface area (Å²) in [5.41, 5.74) is 4.84. The Morgan fingerprint density at radius 2 is 1.53 bits per heavy atom. The van der Waals surface area contributed by atoms with Crippen LogP contribution in [0.4, 0.5) is 0 Å². The second-order valence-corrected chi connectivity index (χ2v) is 11.0. The highest BCUT2D eigenvalue weighted by molar-refractivity contribution is 9.10. The lowest BCUT2D eigenvalue weighted by Crippen LogP contribution is -2.28. The highest BCUT2D eigenvalue weighted by atomic mass is 79.9. The van der Waals surface area contributed by atoms with Crippen molar-refractivity contribution in [2.24, 2.45) is 0 Å². The van der Waals surface area contributed by atoms with Crippen molar-refractivity contribution in [3.8, 4) is 11.1 Å². The molecule has 0 unspecified atom stereocenters. The fraction of sp³-hybridized carbons (Fsp3) is 0.286. The lowest BCUT2D eigenvalue weighted by molar-refractivity contribution is -0.160. The van der Waals surface area contributed by atoms with Crippen LogP contribution in [0.3, 0.4) is 0 Å². The van der Waals surface area contributed by atoms with E-state index >= 15 is 0 Å². The minimum absolute atomic E-state index is 0.110. The van der Waals surface area contributed by atoms with E-state index in [2.05, 4.69) is 15.9 Å². The summed E-state index contributed by atoms with van der Waals surface area (Å²) < 4.78 is 6.86. The van der Waals surface area contributed by atoms with Crippen molar-refractivity contribution in [3.05, 3.63) is 86.9 Å². The maximum Gasteiger partial charge on any atom is 0.337 e. The van der Waals surface area contributed by atoms with Crippen molar-refractivity contribution in [1.29, 1.82) is 0 Å². The van der Waals surface area contributed by atoms with Crippen molar-refractivity contribution in [1.82, 2.24) is 0 Å². The molecule has 34 heavy (non-hydrogen) atoms. The molecule has 6 heteroatoms. The average molecular weight is 542 g/mol. The summed E-state index contributed by atoms with van der Waals surface area (Å²) in [4.78, 5) is 26.3. The number of carbonyl (C=O) groups excluding carboxylic acids is 1. The number of rotatable bonds is 6. The monoisotopic (exact) mass is 540 g/mol. The van der Waals surface area contributed by atoms with E-state index in [9.17, 15) is 14.7 Å². The Morgan fingerprint density at radius 3 is 2.06 bits per heavy atom. The topological polar surface area (TPSA) is 63.6 Å². The van der Waals surface area contributed by atoms with Crippen LogP contribution in [-0.2, 0) is 9.53 Å². The van der Waals surface area contributed by atoms with Gasteiger partial charge in [-0.15, -0.1) is 0 Å². The third-order valence-corrected chi connectivity index (χ3v) is 7.81. The first-order valence-electron chi connectivity index (χ1n) is 11.0. The quantitative estimate of drug-likeness (QED) is 0.321. The number of carbonyl (C=O) groups is 2. The third-order valence-electron chi connectivity index (χ3n) is 5.42. The molecule has 3 rings (SSSR count). The average Bonchev–Trinajstić information content (AvgIpc) is 2.78. The van der Waals surface area contributed by atoms with E-state index in [1.54, 1.807) is 12.1 Å². The summed E-state index contributed by atoms with van der Waals surface area (Å²) >= 11 is 4.81. The maximum absolute atomic E-state index is 13.1. The Hall–Kier alpha value is -2.41. The molecule has 0 radical (unpaired) electrons. The number of carboxylic acids is 1. The summed E-state index contributed by atoms with van der Waals surface area (Å²) in [6, 6.07) is 17.0. The van der Waals surface area contributed by atoms with Gasteiger partial charge in [-0.05, 0) is 91.5 Å². The lowest BCUT2D eigenvalue weighted by Gasteiger charge is -2.30. The molecule has 0 bridgehead atoms. The molecule has 0 aliphatic rings. The van der Waals surface area contributed by atoms with Crippen LogP contribution in [0.15, 0.2) is 64.0 Å². The molecule has 0 aliphatic heterocycles. The van der Waals surface area contributed by atoms with Gasteiger partial charge < -0.3 is 9.84 Å². The Balaban J connectivity index is 2.29. The van der Waals surface area contributed by atoms with Gasteiger partial charge in [-0.2, -0.15) is 0 Å². The highest BCUT2D eigenvalue weighted by Crippen LogP contribution is 2.46. The third kappa shape index (κ3) is 5.80. The van der Waals surface area contributed by atoms with Crippen molar-refractivity contribution in [2.75, 3.05) is 0 Å². The summed E-state index contributed by atoms with van der Waals surface area (Å²) in [6.07, 6.45) is -1.20. The van der Waals surface area contributed by atoms with E-state index < -0.39 is 17.7 Å². The first-order valence-corrected chi connectivity index (χ1v) is 12.6. The zero-order valence-electron chi connectivity index (χ0n) is 20.2. The summed E-state index contributed by atoms with van der Waals surface area (Å²) in [5, 5.41) is 10.1. The number of benzene rings is 3. The molecule has 0 heterocycles. The van der Waals surface area contributed by atoms with Gasteiger partial charge in [0, 0.05) is 20.5 Å². The SMILES string of the molecule is Cc1ccc(-c2c(C)c(Br)c(SC(=O)c3ccccc3)c(C)c2[C@H](OC(C)(C)C)C(=O)O)cc1. The molecular weight excluding hydrogens is 512 g/mol. The second-order valence-electron chi connectivity index (χ2n) is 9.25. The number of halogens is 1. The molecule has 0 aromatic heterocycles. The zero-order valence-corrected chi connectivity index (χ0v) is 22.6. The molecule has 0 spiro atoms. The predicted octanol–water partition coefficient (Wildman–Crippen LogP) is 7.91. The molecular formula is C28H29BrO4S. The molecule has 1 atom stereocenters. The van der Waals surface area contributed by atoms with Crippen LogP contribution in [-0.4, -0.2) is 21.8 Å². The molecule has 0 saturated carbocycles. The molecule has 0 aliphatic carbocycles. The van der Waals surface area contributed by atoms with Crippen molar-refractivity contribution in [2.45, 2.75) is 58.1 Å². The Bertz CT molecular complexity index is 1210. The van der Waals surface area contributed by atoms with Crippen molar-refractivity contribution >= 4 is 38.8 Å². The number of hydrogen-bond acceptors (Lipinski definition) is 4. The van der Waals surface area contributed by atoms with Crippen LogP contribution in [0.2, 0.25) is 0 Å². The second kappa shape index (κ2) is 10.5. The van der Waals surface area contributed by atoms with Crippen molar-refractivity contribution in [3.63, 3.8) is 0 Å². The molecule has 0 fully saturated rings. The van der Waals surface area contributed by atoms with Crippen molar-refractivity contribution < 1.29 is 19.4 Å². The van der Waals surface area contributed by atoms with Gasteiger partial charge >= 0.3 is 5.97 Å². The van der Waals surface area contributed by atoms with E-state index in [1.165, 1.54) is 0 Å². The number of aryl methyl sites for hydroxylation is 1. The van der Waals surface area contributed by atoms with Gasteiger partial charge in [-0.3, -0.25) is 4.79 Å². The van der Waals surface area contributed by atoms with E-state index in [4.69, 9.17) is 4.74 Å². The van der Waals surface area contributed by atoms with Gasteiger partial charge in [0.25, 0.3) is 0 Å². The molecule has 3 aromatic carbocycles. The highest BCUT2D eigenvalue weighted by Gasteiger charge is 2.34. The minimum Gasteiger partial charge on any atom is -0.479 e. The van der Waals surface area contributed by atoms with Gasteiger partial charge in [-0.1, -0.05) is 60.2 Å². The molecule has 3 aromatic rings. The van der Waals surface area contributed by atoms with E-state index in [1.807, 2.05) is 84.0 Å². The number of aliphatic carboxylic acids is 1. The minimum atomic E-state index is -1.20. The van der Waals surface area contributed by atoms with Crippen LogP contribution in [0.5, 0.6) is 0 Å². The van der Waals surface area contributed by atoms with Crippen LogP contribution >= 0.6 is 27.7 Å². The maximum atomic E-state index is 13.1. The first-order chi connectivity index (χ1) is 15.9. The summed E-state index contributed by atoms with van der Waals surface area (Å²) in [6.45, 7) is 11.3. The zero-order chi connectivity index (χ0) is 25.2. The van der Waals surface area contributed by atoms with E-state index in [0.717, 1.165) is 38.5 Å². The number of hydrogen-bond donors (Lipinski definition) is 1. The van der Waals surface area contributed by atoms with Gasteiger partial charge in [0.1, 0.15) is 0 Å².